The van der Waals surface area contributed by atoms with Crippen LogP contribution in [0.1, 0.15) is 51.9 Å². The molecule has 2 atom stereocenters. The molecule has 1 N–H and O–H groups in total. The molecule has 0 bridgehead atoms. The average Bonchev–Trinajstić information content (AvgIpc) is 2.39. The highest BCUT2D eigenvalue weighted by molar-refractivity contribution is 5.76. The highest BCUT2D eigenvalue weighted by atomic mass is 16.4. The fourth-order valence-corrected chi connectivity index (χ4v) is 3.70. The smallest absolute Gasteiger partial charge is 0.308 e. The van der Waals surface area contributed by atoms with E-state index in [-0.39, 0.29) is 11.8 Å². The van der Waals surface area contributed by atoms with Crippen molar-refractivity contribution in [1.82, 2.24) is 4.90 Å². The third-order valence-corrected chi connectivity index (χ3v) is 4.72. The van der Waals surface area contributed by atoms with Gasteiger partial charge in [-0.25, -0.2) is 0 Å². The Morgan fingerprint density at radius 3 is 2.37 bits per heavy atom. The first kappa shape index (κ1) is 14.4. The zero-order valence-corrected chi connectivity index (χ0v) is 11.8. The normalized spacial score (nSPS) is 29.2. The lowest BCUT2D eigenvalue weighted by molar-refractivity contribution is -0.146. The summed E-state index contributed by atoms with van der Waals surface area (Å²) in [5, 5.41) is 9.22. The van der Waals surface area contributed by atoms with Crippen molar-refractivity contribution in [3.05, 3.63) is 0 Å². The second-order valence-corrected chi connectivity index (χ2v) is 6.30. The zero-order chi connectivity index (χ0) is 13.8. The molecule has 0 unspecified atom stereocenters. The molecule has 1 saturated heterocycles. The molecule has 0 spiro atoms. The SMILES string of the molecule is CC(=O)N1C[C@@H](CC2CCCCC2)C[C@H](C(=O)O)C1. The number of carbonyl (C=O) groups excluding carboxylic acids is 1. The molecule has 1 aliphatic heterocycles. The van der Waals surface area contributed by atoms with E-state index in [0.717, 1.165) is 25.3 Å². The van der Waals surface area contributed by atoms with Gasteiger partial charge in [-0.2, -0.15) is 0 Å². The molecule has 2 rings (SSSR count). The minimum absolute atomic E-state index is 0.0135. The highest BCUT2D eigenvalue weighted by Gasteiger charge is 2.33. The Hall–Kier alpha value is -1.06. The van der Waals surface area contributed by atoms with Crippen molar-refractivity contribution in [2.45, 2.75) is 51.9 Å². The van der Waals surface area contributed by atoms with Crippen LogP contribution < -0.4 is 0 Å². The van der Waals surface area contributed by atoms with Crippen LogP contribution in [-0.4, -0.2) is 35.0 Å². The van der Waals surface area contributed by atoms with E-state index in [9.17, 15) is 14.7 Å². The fourth-order valence-electron chi connectivity index (χ4n) is 3.70. The van der Waals surface area contributed by atoms with Gasteiger partial charge in [-0.15, -0.1) is 0 Å². The molecule has 19 heavy (non-hydrogen) atoms. The lowest BCUT2D eigenvalue weighted by Gasteiger charge is -2.37. The highest BCUT2D eigenvalue weighted by Crippen LogP contribution is 2.33. The molecule has 1 aliphatic carbocycles. The third kappa shape index (κ3) is 3.95. The second kappa shape index (κ2) is 6.40. The molecule has 4 nitrogen and oxygen atoms in total. The minimum Gasteiger partial charge on any atom is -0.481 e. The van der Waals surface area contributed by atoms with Crippen molar-refractivity contribution in [2.75, 3.05) is 13.1 Å². The van der Waals surface area contributed by atoms with Gasteiger partial charge in [-0.3, -0.25) is 9.59 Å². The van der Waals surface area contributed by atoms with Crippen molar-refractivity contribution in [1.29, 1.82) is 0 Å². The summed E-state index contributed by atoms with van der Waals surface area (Å²) < 4.78 is 0. The molecule has 0 aromatic carbocycles. The monoisotopic (exact) mass is 267 g/mol. The van der Waals surface area contributed by atoms with Gasteiger partial charge in [0.25, 0.3) is 0 Å². The largest absolute Gasteiger partial charge is 0.481 e. The van der Waals surface area contributed by atoms with Crippen molar-refractivity contribution < 1.29 is 14.7 Å². The third-order valence-electron chi connectivity index (χ3n) is 4.72. The molecular weight excluding hydrogens is 242 g/mol. The van der Waals surface area contributed by atoms with Crippen LogP contribution in [0.5, 0.6) is 0 Å². The summed E-state index contributed by atoms with van der Waals surface area (Å²) in [7, 11) is 0. The number of carboxylic acid groups (broad SMARTS) is 1. The average molecular weight is 267 g/mol. The van der Waals surface area contributed by atoms with E-state index >= 15 is 0 Å². The van der Waals surface area contributed by atoms with Gasteiger partial charge in [0.1, 0.15) is 0 Å². The van der Waals surface area contributed by atoms with Gasteiger partial charge < -0.3 is 10.0 Å². The number of nitrogens with zero attached hydrogens (tertiary/aromatic N) is 1. The van der Waals surface area contributed by atoms with Crippen LogP contribution in [0.3, 0.4) is 0 Å². The van der Waals surface area contributed by atoms with Crippen LogP contribution in [0.4, 0.5) is 0 Å². The van der Waals surface area contributed by atoms with E-state index in [2.05, 4.69) is 0 Å². The Morgan fingerprint density at radius 2 is 1.79 bits per heavy atom. The van der Waals surface area contributed by atoms with E-state index in [1.165, 1.54) is 32.1 Å². The molecule has 108 valence electrons. The van der Waals surface area contributed by atoms with E-state index in [4.69, 9.17) is 0 Å². The van der Waals surface area contributed by atoms with Crippen LogP contribution in [-0.2, 0) is 9.59 Å². The second-order valence-electron chi connectivity index (χ2n) is 6.30. The Kier molecular flexibility index (Phi) is 4.83. The predicted molar refractivity (Wildman–Crippen MR) is 72.7 cm³/mol. The summed E-state index contributed by atoms with van der Waals surface area (Å²) >= 11 is 0. The quantitative estimate of drug-likeness (QED) is 0.855. The van der Waals surface area contributed by atoms with Crippen LogP contribution in [0.15, 0.2) is 0 Å². The molecule has 2 aliphatic rings. The molecule has 0 aromatic heterocycles. The summed E-state index contributed by atoms with van der Waals surface area (Å²) in [4.78, 5) is 24.5. The molecule has 2 fully saturated rings. The first-order chi connectivity index (χ1) is 9.06. The maximum Gasteiger partial charge on any atom is 0.308 e. The molecule has 1 heterocycles. The molecule has 4 heteroatoms. The fraction of sp³-hybridized carbons (Fsp3) is 0.867. The number of piperidine rings is 1. The topological polar surface area (TPSA) is 57.6 Å². The lowest BCUT2D eigenvalue weighted by Crippen LogP contribution is -2.45. The number of carbonyl (C=O) groups is 2. The number of aliphatic carboxylic acids is 1. The van der Waals surface area contributed by atoms with Crippen LogP contribution in [0.2, 0.25) is 0 Å². The molecule has 0 radical (unpaired) electrons. The van der Waals surface area contributed by atoms with Crippen molar-refractivity contribution in [3.8, 4) is 0 Å². The Bertz CT molecular complexity index is 314. The van der Waals surface area contributed by atoms with Crippen molar-refractivity contribution >= 4 is 11.9 Å². The lowest BCUT2D eigenvalue weighted by atomic mass is 9.78. The van der Waals surface area contributed by atoms with E-state index < -0.39 is 5.97 Å². The maximum absolute atomic E-state index is 11.5. The standard InChI is InChI=1S/C15H25NO3/c1-11(17)16-9-13(8-14(10-16)15(18)19)7-12-5-3-2-4-6-12/h12-14H,2-10H2,1H3,(H,18,19)/t13-,14-/m0/s1. The first-order valence-corrected chi connectivity index (χ1v) is 7.54. The Labute approximate surface area is 115 Å². The summed E-state index contributed by atoms with van der Waals surface area (Å²) in [6, 6.07) is 0. The van der Waals surface area contributed by atoms with Crippen molar-refractivity contribution in [3.63, 3.8) is 0 Å². The Balaban J connectivity index is 1.94. The van der Waals surface area contributed by atoms with Gasteiger partial charge in [0.2, 0.25) is 5.91 Å². The molecular formula is C15H25NO3. The number of rotatable bonds is 3. The Morgan fingerprint density at radius 1 is 1.11 bits per heavy atom. The van der Waals surface area contributed by atoms with Crippen LogP contribution in [0.25, 0.3) is 0 Å². The van der Waals surface area contributed by atoms with Gasteiger partial charge in [-0.1, -0.05) is 32.1 Å². The number of hydrogen-bond donors (Lipinski definition) is 1. The first-order valence-electron chi connectivity index (χ1n) is 7.54. The molecule has 1 amide bonds. The summed E-state index contributed by atoms with van der Waals surface area (Å²) in [5.74, 6) is 0.0207. The summed E-state index contributed by atoms with van der Waals surface area (Å²) in [6.45, 7) is 2.70. The zero-order valence-electron chi connectivity index (χ0n) is 11.8. The van der Waals surface area contributed by atoms with Gasteiger partial charge in [-0.05, 0) is 24.7 Å². The van der Waals surface area contributed by atoms with E-state index in [1.54, 1.807) is 11.8 Å². The molecule has 1 saturated carbocycles. The van der Waals surface area contributed by atoms with E-state index in [1.807, 2.05) is 0 Å². The number of carboxylic acids is 1. The number of amides is 1. The molecule has 0 aromatic rings. The number of likely N-dealkylation sites (tertiary alicyclic amines) is 1. The van der Waals surface area contributed by atoms with Crippen LogP contribution >= 0.6 is 0 Å². The summed E-state index contributed by atoms with van der Waals surface area (Å²) in [5.41, 5.74) is 0. The minimum atomic E-state index is -0.750. The van der Waals surface area contributed by atoms with Crippen LogP contribution in [0, 0.1) is 17.8 Å². The maximum atomic E-state index is 11.5. The van der Waals surface area contributed by atoms with Gasteiger partial charge in [0, 0.05) is 20.0 Å². The number of hydrogen-bond acceptors (Lipinski definition) is 2. The predicted octanol–water partition coefficient (Wildman–Crippen LogP) is 2.53. The summed E-state index contributed by atoms with van der Waals surface area (Å²) in [6.07, 6.45) is 8.40. The van der Waals surface area contributed by atoms with Crippen molar-refractivity contribution in [2.24, 2.45) is 17.8 Å². The van der Waals surface area contributed by atoms with Gasteiger partial charge in [0.05, 0.1) is 5.92 Å². The van der Waals surface area contributed by atoms with E-state index in [0.29, 0.717) is 12.5 Å². The van der Waals surface area contributed by atoms with Gasteiger partial charge >= 0.3 is 5.97 Å². The van der Waals surface area contributed by atoms with Gasteiger partial charge in [0.15, 0.2) is 0 Å².